The van der Waals surface area contributed by atoms with E-state index in [1.165, 1.54) is 31.0 Å². The Kier molecular flexibility index (Phi) is 11.0. The number of rotatable bonds is 9. The maximum atomic E-state index is 12.5. The predicted molar refractivity (Wildman–Crippen MR) is 152 cm³/mol. The Morgan fingerprint density at radius 2 is 1.45 bits per heavy atom. The Bertz CT molecular complexity index is 1620. The molecule has 11 heteroatoms. The summed E-state index contributed by atoms with van der Waals surface area (Å²) in [5.74, 6) is 0.173. The molecule has 0 bridgehead atoms. The lowest BCUT2D eigenvalue weighted by Crippen LogP contribution is -2.36. The van der Waals surface area contributed by atoms with Crippen molar-refractivity contribution >= 4 is 37.7 Å². The van der Waals surface area contributed by atoms with Gasteiger partial charge in [-0.15, -0.1) is 0 Å². The van der Waals surface area contributed by atoms with Crippen molar-refractivity contribution in [3.63, 3.8) is 0 Å². The number of hydrogen-bond acceptors (Lipinski definition) is 8. The molecular formula is C29H29NO7S3. The van der Waals surface area contributed by atoms with E-state index in [4.69, 9.17) is 4.74 Å². The first-order chi connectivity index (χ1) is 19.0. The number of aromatic nitrogens is 1. The van der Waals surface area contributed by atoms with Crippen LogP contribution in [0, 0.1) is 6.92 Å². The summed E-state index contributed by atoms with van der Waals surface area (Å²) in [5, 5.41) is 0.979. The van der Waals surface area contributed by atoms with Gasteiger partial charge >= 0.3 is 5.97 Å². The van der Waals surface area contributed by atoms with Crippen LogP contribution in [0.1, 0.15) is 21.5 Å². The molecule has 0 saturated heterocycles. The number of sulfone groups is 1. The molecule has 0 aliphatic heterocycles. The highest BCUT2D eigenvalue weighted by atomic mass is 32.2. The second-order valence-corrected chi connectivity index (χ2v) is 13.2. The van der Waals surface area contributed by atoms with Gasteiger partial charge in [0.15, 0.2) is 22.6 Å². The standard InChI is InChI=1S/C22H22NO4S2.C7H8O3S/c1-27-22(24)19-12-10-18(11-13-19)17-23-14-6-5-9-21(23)28-15-16-29(25,26)20-7-3-2-4-8-20;1-6-2-4-7(5-3-6)11(8,9)10/h2-14H,15-17H2,1H3;2-5H,1H3,(H,8,9,10)/q+1;/p-1. The number of carbonyl (C=O) groups is 1. The summed E-state index contributed by atoms with van der Waals surface area (Å²) in [4.78, 5) is 11.7. The minimum Gasteiger partial charge on any atom is -0.744 e. The van der Waals surface area contributed by atoms with Gasteiger partial charge in [-0.25, -0.2) is 21.6 Å². The number of hydrogen-bond donors (Lipinski definition) is 0. The number of nitrogens with zero attached hydrogens (tertiary/aromatic N) is 1. The van der Waals surface area contributed by atoms with Crippen LogP contribution < -0.4 is 4.57 Å². The topological polar surface area (TPSA) is 122 Å². The summed E-state index contributed by atoms with van der Waals surface area (Å²) in [5.41, 5.74) is 2.47. The Labute approximate surface area is 239 Å². The van der Waals surface area contributed by atoms with Gasteiger partial charge in [0.05, 0.1) is 28.2 Å². The number of methoxy groups -OCH3 is 1. The van der Waals surface area contributed by atoms with Gasteiger partial charge in [-0.05, 0) is 49.4 Å². The molecule has 0 amide bonds. The molecule has 3 aromatic carbocycles. The van der Waals surface area contributed by atoms with Crippen LogP contribution in [-0.4, -0.2) is 46.0 Å². The van der Waals surface area contributed by atoms with E-state index in [2.05, 4.69) is 4.57 Å². The molecule has 4 aromatic rings. The average Bonchev–Trinajstić information content (AvgIpc) is 2.94. The minimum atomic E-state index is -4.27. The first kappa shape index (κ1) is 31.0. The zero-order valence-electron chi connectivity index (χ0n) is 22.0. The van der Waals surface area contributed by atoms with Crippen molar-refractivity contribution in [2.45, 2.75) is 28.3 Å². The molecule has 210 valence electrons. The lowest BCUT2D eigenvalue weighted by atomic mass is 10.1. The number of ether oxygens (including phenoxy) is 1. The lowest BCUT2D eigenvalue weighted by Gasteiger charge is -2.06. The fourth-order valence-electron chi connectivity index (χ4n) is 3.49. The van der Waals surface area contributed by atoms with Crippen LogP contribution in [0.25, 0.3) is 0 Å². The Morgan fingerprint density at radius 1 is 0.825 bits per heavy atom. The van der Waals surface area contributed by atoms with Crippen LogP contribution in [0.4, 0.5) is 0 Å². The maximum Gasteiger partial charge on any atom is 0.337 e. The molecule has 0 radical (unpaired) electrons. The van der Waals surface area contributed by atoms with Crippen molar-refractivity contribution in [2.24, 2.45) is 0 Å². The van der Waals surface area contributed by atoms with Crippen molar-refractivity contribution in [1.29, 1.82) is 0 Å². The molecule has 0 atom stereocenters. The van der Waals surface area contributed by atoms with E-state index >= 15 is 0 Å². The molecule has 0 aliphatic carbocycles. The smallest absolute Gasteiger partial charge is 0.337 e. The molecule has 4 rings (SSSR count). The number of pyridine rings is 1. The van der Waals surface area contributed by atoms with Gasteiger partial charge in [0.25, 0.3) is 0 Å². The van der Waals surface area contributed by atoms with Gasteiger partial charge in [-0.3, -0.25) is 0 Å². The second-order valence-electron chi connectivity index (χ2n) is 8.60. The largest absolute Gasteiger partial charge is 0.744 e. The quantitative estimate of drug-likeness (QED) is 0.121. The zero-order valence-corrected chi connectivity index (χ0v) is 24.4. The number of carbonyl (C=O) groups excluding carboxylic acids is 1. The van der Waals surface area contributed by atoms with E-state index in [9.17, 15) is 26.2 Å². The van der Waals surface area contributed by atoms with Crippen molar-refractivity contribution in [1.82, 2.24) is 0 Å². The minimum absolute atomic E-state index is 0.0738. The first-order valence-electron chi connectivity index (χ1n) is 12.1. The van der Waals surface area contributed by atoms with Crippen molar-refractivity contribution < 1.29 is 35.5 Å². The van der Waals surface area contributed by atoms with E-state index in [1.807, 2.05) is 43.5 Å². The molecule has 0 aliphatic rings. The second kappa shape index (κ2) is 14.2. The summed E-state index contributed by atoms with van der Waals surface area (Å²) >= 11 is 1.51. The van der Waals surface area contributed by atoms with Gasteiger partial charge in [-0.1, -0.05) is 59.8 Å². The van der Waals surface area contributed by atoms with Crippen LogP contribution in [-0.2, 0) is 31.2 Å². The van der Waals surface area contributed by atoms with E-state index in [0.29, 0.717) is 22.8 Å². The van der Waals surface area contributed by atoms with Gasteiger partial charge in [0.1, 0.15) is 10.1 Å². The molecule has 0 unspecified atom stereocenters. The first-order valence-corrected chi connectivity index (χ1v) is 16.1. The van der Waals surface area contributed by atoms with Crippen molar-refractivity contribution in [3.8, 4) is 0 Å². The summed E-state index contributed by atoms with van der Waals surface area (Å²) in [6, 6.07) is 27.4. The average molecular weight is 600 g/mol. The lowest BCUT2D eigenvalue weighted by molar-refractivity contribution is -0.724. The van der Waals surface area contributed by atoms with Crippen LogP contribution >= 0.6 is 11.8 Å². The third-order valence-corrected chi connectivity index (χ3v) is 9.56. The molecule has 0 saturated carbocycles. The van der Waals surface area contributed by atoms with E-state index in [0.717, 1.165) is 16.2 Å². The number of esters is 1. The highest BCUT2D eigenvalue weighted by Gasteiger charge is 2.17. The Hall–Kier alpha value is -3.51. The maximum absolute atomic E-state index is 12.5. The van der Waals surface area contributed by atoms with E-state index in [1.54, 1.807) is 54.6 Å². The monoisotopic (exact) mass is 599 g/mol. The molecule has 40 heavy (non-hydrogen) atoms. The van der Waals surface area contributed by atoms with Crippen LogP contribution in [0.5, 0.6) is 0 Å². The Morgan fingerprint density at radius 3 is 2.05 bits per heavy atom. The van der Waals surface area contributed by atoms with Crippen molar-refractivity contribution in [3.05, 3.63) is 120 Å². The molecule has 0 N–H and O–H groups in total. The fraction of sp³-hybridized carbons (Fsp3) is 0.172. The van der Waals surface area contributed by atoms with Crippen LogP contribution in [0.15, 0.2) is 118 Å². The summed E-state index contributed by atoms with van der Waals surface area (Å²) in [6.45, 7) is 2.44. The molecule has 1 heterocycles. The summed E-state index contributed by atoms with van der Waals surface area (Å²) in [7, 11) is -6.20. The zero-order chi connectivity index (χ0) is 29.2. The Balaban J connectivity index is 0.000000336. The highest BCUT2D eigenvalue weighted by molar-refractivity contribution is 8.00. The van der Waals surface area contributed by atoms with E-state index in [-0.39, 0.29) is 16.6 Å². The van der Waals surface area contributed by atoms with Gasteiger partial charge in [-0.2, -0.15) is 4.57 Å². The van der Waals surface area contributed by atoms with Gasteiger partial charge in [0, 0.05) is 23.4 Å². The third-order valence-electron chi connectivity index (χ3n) is 5.64. The number of benzene rings is 3. The van der Waals surface area contributed by atoms with Gasteiger partial charge < -0.3 is 9.29 Å². The third kappa shape index (κ3) is 9.30. The van der Waals surface area contributed by atoms with Gasteiger partial charge in [0.2, 0.25) is 5.03 Å². The molecule has 0 spiro atoms. The van der Waals surface area contributed by atoms with Crippen molar-refractivity contribution in [2.75, 3.05) is 18.6 Å². The van der Waals surface area contributed by atoms with Crippen LogP contribution in [0.3, 0.4) is 0 Å². The number of thioether (sulfide) groups is 1. The molecule has 8 nitrogen and oxygen atoms in total. The SMILES string of the molecule is COC(=O)c1ccc(C[n+]2ccccc2SCCS(=O)(=O)c2ccccc2)cc1.Cc1ccc(S(=O)(=O)[O-])cc1. The number of aryl methyl sites for hydroxylation is 1. The fourth-order valence-corrected chi connectivity index (χ4v) is 6.65. The molecular weight excluding hydrogens is 571 g/mol. The highest BCUT2D eigenvalue weighted by Crippen LogP contribution is 2.17. The normalized spacial score (nSPS) is 11.3. The van der Waals surface area contributed by atoms with Crippen LogP contribution in [0.2, 0.25) is 0 Å². The molecule has 0 fully saturated rings. The van der Waals surface area contributed by atoms with E-state index < -0.39 is 20.0 Å². The predicted octanol–water partition coefficient (Wildman–Crippen LogP) is 4.27. The summed E-state index contributed by atoms with van der Waals surface area (Å²) < 4.78 is 62.9. The molecule has 1 aromatic heterocycles. The summed E-state index contributed by atoms with van der Waals surface area (Å²) in [6.07, 6.45) is 1.96.